The number of benzene rings is 2. The highest BCUT2D eigenvalue weighted by atomic mass is 32.2. The van der Waals surface area contributed by atoms with Crippen molar-refractivity contribution in [2.24, 2.45) is 0 Å². The Morgan fingerprint density at radius 2 is 1.90 bits per heavy atom. The lowest BCUT2D eigenvalue weighted by Crippen LogP contribution is -2.52. The van der Waals surface area contributed by atoms with Gasteiger partial charge < -0.3 is 20.5 Å². The van der Waals surface area contributed by atoms with Crippen LogP contribution in [0.5, 0.6) is 0 Å². The molecule has 0 radical (unpaired) electrons. The van der Waals surface area contributed by atoms with Gasteiger partial charge in [-0.2, -0.15) is 0 Å². The predicted octanol–water partition coefficient (Wildman–Crippen LogP) is 2.22. The molecule has 0 aromatic heterocycles. The Balaban J connectivity index is 1.46. The van der Waals surface area contributed by atoms with Gasteiger partial charge in [-0.15, -0.1) is 0 Å². The molecule has 3 atom stereocenters. The van der Waals surface area contributed by atoms with Gasteiger partial charge >= 0.3 is 6.03 Å². The molecule has 2 amide bonds. The number of halogens is 1. The molecule has 1 aliphatic rings. The molecule has 2 aromatic rings. The molecule has 1 aliphatic heterocycles. The molecule has 8 nitrogen and oxygen atoms in total. The number of sulfonamides is 1. The smallest absolute Gasteiger partial charge is 0.319 e. The van der Waals surface area contributed by atoms with Gasteiger partial charge in [0, 0.05) is 12.2 Å². The van der Waals surface area contributed by atoms with Crippen LogP contribution in [-0.4, -0.2) is 51.0 Å². The fourth-order valence-electron chi connectivity index (χ4n) is 3.44. The number of ether oxygens (including phenoxy) is 1. The molecular weight excluding hydrogens is 425 g/mol. The minimum atomic E-state index is -3.82. The Morgan fingerprint density at radius 3 is 2.61 bits per heavy atom. The number of urea groups is 1. The quantitative estimate of drug-likeness (QED) is 0.491. The Morgan fingerprint density at radius 1 is 1.13 bits per heavy atom. The number of carbonyl (C=O) groups excluding carboxylic acids is 1. The molecule has 1 heterocycles. The fourth-order valence-corrected chi connectivity index (χ4v) is 4.52. The molecule has 0 spiro atoms. The highest BCUT2D eigenvalue weighted by Crippen LogP contribution is 2.22. The molecule has 1 saturated heterocycles. The molecule has 168 valence electrons. The number of amides is 2. The fraction of sp³-hybridized carbons (Fsp3) is 0.381. The number of carbonyl (C=O) groups is 1. The van der Waals surface area contributed by atoms with Crippen LogP contribution in [-0.2, 0) is 14.8 Å². The zero-order valence-corrected chi connectivity index (χ0v) is 17.6. The van der Waals surface area contributed by atoms with E-state index >= 15 is 0 Å². The van der Waals surface area contributed by atoms with Gasteiger partial charge in [-0.25, -0.2) is 22.3 Å². The summed E-state index contributed by atoms with van der Waals surface area (Å²) in [5, 5.41) is 15.2. The number of hydrogen-bond acceptors (Lipinski definition) is 5. The second-order valence-electron chi connectivity index (χ2n) is 7.27. The van der Waals surface area contributed by atoms with Gasteiger partial charge in [0.2, 0.25) is 10.0 Å². The predicted molar refractivity (Wildman–Crippen MR) is 114 cm³/mol. The lowest BCUT2D eigenvalue weighted by atomic mass is 9.97. The topological polar surface area (TPSA) is 117 Å². The maximum atomic E-state index is 13.3. The van der Waals surface area contributed by atoms with E-state index in [4.69, 9.17) is 4.74 Å². The standard InChI is InChI=1S/C21H26FN3O5S/c22-15-5-4-8-18(13-15)31(28,29)23-12-11-17-9-10-19(20(14-26)30-17)25-21(27)24-16-6-2-1-3-7-16/h1-8,13,17,19-20,23,26H,9-12,14H2,(H2,24,25,27)/t17-,19+,20+/m0/s1. The SMILES string of the molecule is O=C(Nc1ccccc1)N[C@@H]1CC[C@@H](CCNS(=O)(=O)c2cccc(F)c2)O[C@@H]1CO. The number of aliphatic hydroxyl groups excluding tert-OH is 1. The van der Waals surface area contributed by atoms with Crippen molar-refractivity contribution in [3.05, 3.63) is 60.4 Å². The molecule has 3 rings (SSSR count). The Labute approximate surface area is 180 Å². The summed E-state index contributed by atoms with van der Waals surface area (Å²) in [6.45, 7) is -0.171. The van der Waals surface area contributed by atoms with E-state index in [1.165, 1.54) is 18.2 Å². The van der Waals surface area contributed by atoms with Crippen LogP contribution in [0.3, 0.4) is 0 Å². The minimum Gasteiger partial charge on any atom is -0.394 e. The summed E-state index contributed by atoms with van der Waals surface area (Å²) >= 11 is 0. The van der Waals surface area contributed by atoms with E-state index in [0.717, 1.165) is 6.07 Å². The van der Waals surface area contributed by atoms with Crippen molar-refractivity contribution in [3.8, 4) is 0 Å². The van der Waals surface area contributed by atoms with Crippen LogP contribution in [0, 0.1) is 5.82 Å². The third kappa shape index (κ3) is 6.73. The van der Waals surface area contributed by atoms with Crippen LogP contribution in [0.2, 0.25) is 0 Å². The van der Waals surface area contributed by atoms with Crippen LogP contribution < -0.4 is 15.4 Å². The number of nitrogens with one attached hydrogen (secondary N) is 3. The molecule has 0 unspecified atom stereocenters. The third-order valence-electron chi connectivity index (χ3n) is 5.01. The summed E-state index contributed by atoms with van der Waals surface area (Å²) in [5.74, 6) is -0.626. The molecule has 31 heavy (non-hydrogen) atoms. The van der Waals surface area contributed by atoms with Crippen molar-refractivity contribution in [3.63, 3.8) is 0 Å². The highest BCUT2D eigenvalue weighted by Gasteiger charge is 2.32. The summed E-state index contributed by atoms with van der Waals surface area (Å²) in [6, 6.07) is 13.0. The van der Waals surface area contributed by atoms with E-state index in [1.807, 2.05) is 18.2 Å². The number of anilines is 1. The van der Waals surface area contributed by atoms with Gasteiger partial charge in [0.05, 0.1) is 23.6 Å². The monoisotopic (exact) mass is 451 g/mol. The van der Waals surface area contributed by atoms with E-state index in [0.29, 0.717) is 24.9 Å². The van der Waals surface area contributed by atoms with Crippen LogP contribution in [0.1, 0.15) is 19.3 Å². The number of rotatable bonds is 8. The first-order chi connectivity index (χ1) is 14.9. The van der Waals surface area contributed by atoms with E-state index in [2.05, 4.69) is 15.4 Å². The van der Waals surface area contributed by atoms with Gasteiger partial charge in [0.15, 0.2) is 0 Å². The van der Waals surface area contributed by atoms with Crippen LogP contribution in [0.15, 0.2) is 59.5 Å². The number of hydrogen-bond donors (Lipinski definition) is 4. The summed E-state index contributed by atoms with van der Waals surface area (Å²) < 4.78 is 46.1. The lowest BCUT2D eigenvalue weighted by molar-refractivity contribution is -0.0884. The number of para-hydroxylation sites is 1. The summed E-state index contributed by atoms with van der Waals surface area (Å²) in [7, 11) is -3.82. The first kappa shape index (κ1) is 23.1. The molecular formula is C21H26FN3O5S. The van der Waals surface area contributed by atoms with Crippen molar-refractivity contribution < 1.29 is 27.4 Å². The van der Waals surface area contributed by atoms with Gasteiger partial charge in [-0.3, -0.25) is 0 Å². The minimum absolute atomic E-state index is 0.105. The van der Waals surface area contributed by atoms with Crippen LogP contribution in [0.4, 0.5) is 14.9 Å². The maximum Gasteiger partial charge on any atom is 0.319 e. The van der Waals surface area contributed by atoms with E-state index in [9.17, 15) is 22.7 Å². The molecule has 1 fully saturated rings. The molecule has 4 N–H and O–H groups in total. The van der Waals surface area contributed by atoms with Crippen molar-refractivity contribution in [1.29, 1.82) is 0 Å². The zero-order valence-electron chi connectivity index (χ0n) is 16.8. The van der Waals surface area contributed by atoms with Gasteiger partial charge in [0.25, 0.3) is 0 Å². The number of aliphatic hydroxyl groups is 1. The van der Waals surface area contributed by atoms with Crippen molar-refractivity contribution in [2.45, 2.75) is 42.4 Å². The molecule has 10 heteroatoms. The van der Waals surface area contributed by atoms with Crippen LogP contribution in [0.25, 0.3) is 0 Å². The normalized spacial score (nSPS) is 21.4. The second kappa shape index (κ2) is 10.7. The lowest BCUT2D eigenvalue weighted by Gasteiger charge is -2.36. The Hall–Kier alpha value is -2.53. The van der Waals surface area contributed by atoms with Crippen molar-refractivity contribution in [2.75, 3.05) is 18.5 Å². The maximum absolute atomic E-state index is 13.3. The molecule has 0 saturated carbocycles. The Bertz CT molecular complexity index is 974. The van der Waals surface area contributed by atoms with Crippen molar-refractivity contribution >= 4 is 21.7 Å². The van der Waals surface area contributed by atoms with E-state index in [1.54, 1.807) is 12.1 Å². The molecule has 0 bridgehead atoms. The van der Waals surface area contributed by atoms with Crippen molar-refractivity contribution in [1.82, 2.24) is 10.0 Å². The zero-order chi connectivity index (χ0) is 22.3. The van der Waals surface area contributed by atoms with E-state index in [-0.39, 0.29) is 36.2 Å². The first-order valence-corrected chi connectivity index (χ1v) is 11.5. The molecule has 2 aromatic carbocycles. The van der Waals surface area contributed by atoms with Crippen LogP contribution >= 0.6 is 0 Å². The van der Waals surface area contributed by atoms with Gasteiger partial charge in [0.1, 0.15) is 11.9 Å². The highest BCUT2D eigenvalue weighted by molar-refractivity contribution is 7.89. The Kier molecular flexibility index (Phi) is 7.97. The van der Waals surface area contributed by atoms with Gasteiger partial charge in [-0.1, -0.05) is 24.3 Å². The second-order valence-corrected chi connectivity index (χ2v) is 9.04. The molecule has 0 aliphatic carbocycles. The first-order valence-electron chi connectivity index (χ1n) is 10.0. The summed E-state index contributed by atoms with van der Waals surface area (Å²) in [4.78, 5) is 12.1. The van der Waals surface area contributed by atoms with Gasteiger partial charge in [-0.05, 0) is 49.6 Å². The van der Waals surface area contributed by atoms with E-state index < -0.39 is 21.9 Å². The summed E-state index contributed by atoms with van der Waals surface area (Å²) in [6.07, 6.45) is 0.680. The average Bonchev–Trinajstić information content (AvgIpc) is 2.75. The summed E-state index contributed by atoms with van der Waals surface area (Å²) in [5.41, 5.74) is 0.653. The largest absolute Gasteiger partial charge is 0.394 e. The third-order valence-corrected chi connectivity index (χ3v) is 6.47. The average molecular weight is 452 g/mol.